The highest BCUT2D eigenvalue weighted by atomic mass is 19.2. The van der Waals surface area contributed by atoms with E-state index in [1.807, 2.05) is 13.8 Å². The first-order valence-corrected chi connectivity index (χ1v) is 5.85. The van der Waals surface area contributed by atoms with Crippen molar-refractivity contribution in [3.8, 4) is 0 Å². The zero-order valence-corrected chi connectivity index (χ0v) is 10.9. The summed E-state index contributed by atoms with van der Waals surface area (Å²) in [4.78, 5) is 11.7. The van der Waals surface area contributed by atoms with Crippen molar-refractivity contribution < 1.29 is 18.3 Å². The summed E-state index contributed by atoms with van der Waals surface area (Å²) in [6.07, 6.45) is 1.09. The molecule has 0 saturated heterocycles. The van der Waals surface area contributed by atoms with E-state index < -0.39 is 11.6 Å². The smallest absolute Gasteiger partial charge is 0.159 e. The number of ether oxygens (including phenoxy) is 1. The van der Waals surface area contributed by atoms with Crippen LogP contribution in [0.25, 0.3) is 0 Å². The molecule has 0 spiro atoms. The van der Waals surface area contributed by atoms with Gasteiger partial charge >= 0.3 is 0 Å². The second kappa shape index (κ2) is 6.05. The molecule has 0 aromatic heterocycles. The standard InChI is InChI=1S/C14H18F2O2/c1-14(2,18-3)7-6-11(17)8-10-4-5-12(15)13(16)9-10/h4-5,9H,6-8H2,1-3H3. The van der Waals surface area contributed by atoms with Crippen LogP contribution in [0.1, 0.15) is 32.3 Å². The predicted octanol–water partition coefficient (Wildman–Crippen LogP) is 3.28. The van der Waals surface area contributed by atoms with E-state index in [2.05, 4.69) is 0 Å². The molecule has 4 heteroatoms. The summed E-state index contributed by atoms with van der Waals surface area (Å²) in [6.45, 7) is 3.80. The summed E-state index contributed by atoms with van der Waals surface area (Å²) in [7, 11) is 1.60. The van der Waals surface area contributed by atoms with Gasteiger partial charge in [-0.1, -0.05) is 6.07 Å². The van der Waals surface area contributed by atoms with Gasteiger partial charge in [0.15, 0.2) is 11.6 Å². The third kappa shape index (κ3) is 4.53. The lowest BCUT2D eigenvalue weighted by atomic mass is 9.98. The molecule has 0 aliphatic heterocycles. The van der Waals surface area contributed by atoms with Gasteiger partial charge in [0, 0.05) is 20.0 Å². The van der Waals surface area contributed by atoms with Crippen LogP contribution < -0.4 is 0 Å². The molecule has 1 aromatic rings. The van der Waals surface area contributed by atoms with Crippen LogP contribution >= 0.6 is 0 Å². The van der Waals surface area contributed by atoms with Crippen LogP contribution in [0.2, 0.25) is 0 Å². The fourth-order valence-electron chi connectivity index (χ4n) is 1.51. The van der Waals surface area contributed by atoms with Crippen LogP contribution in [0.4, 0.5) is 8.78 Å². The maximum atomic E-state index is 13.0. The number of carbonyl (C=O) groups excluding carboxylic acids is 1. The molecular weight excluding hydrogens is 238 g/mol. The molecule has 0 amide bonds. The number of hydrogen-bond donors (Lipinski definition) is 0. The largest absolute Gasteiger partial charge is 0.379 e. The second-order valence-corrected chi connectivity index (χ2v) is 4.93. The Morgan fingerprint density at radius 1 is 1.28 bits per heavy atom. The van der Waals surface area contributed by atoms with Crippen molar-refractivity contribution >= 4 is 5.78 Å². The minimum atomic E-state index is -0.919. The van der Waals surface area contributed by atoms with Crippen LogP contribution in [0.3, 0.4) is 0 Å². The average Bonchev–Trinajstić information content (AvgIpc) is 2.32. The van der Waals surface area contributed by atoms with Gasteiger partial charge in [-0.05, 0) is 38.0 Å². The molecule has 0 radical (unpaired) electrons. The van der Waals surface area contributed by atoms with Gasteiger partial charge in [0.2, 0.25) is 0 Å². The maximum Gasteiger partial charge on any atom is 0.159 e. The molecule has 100 valence electrons. The summed E-state index contributed by atoms with van der Waals surface area (Å²) in [5.41, 5.74) is 0.151. The molecular formula is C14H18F2O2. The number of carbonyl (C=O) groups is 1. The molecule has 0 bridgehead atoms. The van der Waals surface area contributed by atoms with Crippen molar-refractivity contribution in [2.45, 2.75) is 38.7 Å². The monoisotopic (exact) mass is 256 g/mol. The van der Waals surface area contributed by atoms with E-state index in [4.69, 9.17) is 4.74 Å². The van der Waals surface area contributed by atoms with Gasteiger partial charge in [-0.15, -0.1) is 0 Å². The van der Waals surface area contributed by atoms with Crippen molar-refractivity contribution in [3.63, 3.8) is 0 Å². The Balaban J connectivity index is 2.52. The number of methoxy groups -OCH3 is 1. The molecule has 0 unspecified atom stereocenters. The Bertz CT molecular complexity index is 428. The molecule has 0 atom stereocenters. The Hall–Kier alpha value is -1.29. The highest BCUT2D eigenvalue weighted by Crippen LogP contribution is 2.17. The van der Waals surface area contributed by atoms with Crippen LogP contribution in [0, 0.1) is 11.6 Å². The topological polar surface area (TPSA) is 26.3 Å². The highest BCUT2D eigenvalue weighted by Gasteiger charge is 2.18. The fourth-order valence-corrected chi connectivity index (χ4v) is 1.51. The van der Waals surface area contributed by atoms with E-state index >= 15 is 0 Å². The Morgan fingerprint density at radius 3 is 2.50 bits per heavy atom. The lowest BCUT2D eigenvalue weighted by molar-refractivity contribution is -0.119. The fraction of sp³-hybridized carbons (Fsp3) is 0.500. The minimum absolute atomic E-state index is 0.00821. The van der Waals surface area contributed by atoms with E-state index in [1.165, 1.54) is 6.07 Å². The van der Waals surface area contributed by atoms with E-state index in [1.54, 1.807) is 7.11 Å². The summed E-state index contributed by atoms with van der Waals surface area (Å²) in [5.74, 6) is -1.82. The molecule has 1 rings (SSSR count). The lowest BCUT2D eigenvalue weighted by Gasteiger charge is -2.22. The van der Waals surface area contributed by atoms with Crippen molar-refractivity contribution in [3.05, 3.63) is 35.4 Å². The van der Waals surface area contributed by atoms with Gasteiger partial charge in [0.1, 0.15) is 5.78 Å². The quantitative estimate of drug-likeness (QED) is 0.780. The van der Waals surface area contributed by atoms with E-state index in [-0.39, 0.29) is 17.8 Å². The molecule has 0 aliphatic carbocycles. The summed E-state index contributed by atoms with van der Waals surface area (Å²) in [5, 5.41) is 0. The molecule has 0 heterocycles. The predicted molar refractivity (Wildman–Crippen MR) is 65.4 cm³/mol. The second-order valence-electron chi connectivity index (χ2n) is 4.93. The molecule has 0 fully saturated rings. The van der Waals surface area contributed by atoms with Crippen molar-refractivity contribution in [1.82, 2.24) is 0 Å². The normalized spacial score (nSPS) is 11.6. The van der Waals surface area contributed by atoms with Crippen LogP contribution in [0.15, 0.2) is 18.2 Å². The number of hydrogen-bond acceptors (Lipinski definition) is 2. The molecule has 1 aromatic carbocycles. The third-order valence-electron chi connectivity index (χ3n) is 2.94. The number of halogens is 2. The van der Waals surface area contributed by atoms with Gasteiger partial charge in [-0.25, -0.2) is 8.78 Å². The van der Waals surface area contributed by atoms with Crippen LogP contribution in [-0.4, -0.2) is 18.5 Å². The summed E-state index contributed by atoms with van der Waals surface area (Å²) >= 11 is 0. The van der Waals surface area contributed by atoms with Crippen LogP contribution in [-0.2, 0) is 16.0 Å². The van der Waals surface area contributed by atoms with Crippen LogP contribution in [0.5, 0.6) is 0 Å². The SMILES string of the molecule is COC(C)(C)CCC(=O)Cc1ccc(F)c(F)c1. The zero-order chi connectivity index (χ0) is 13.8. The van der Waals surface area contributed by atoms with Gasteiger partial charge in [-0.2, -0.15) is 0 Å². The Labute approximate surface area is 106 Å². The number of Topliss-reactive ketones (excluding diaryl/α,β-unsaturated/α-hetero) is 1. The number of ketones is 1. The first kappa shape index (κ1) is 14.8. The number of rotatable bonds is 6. The molecule has 0 saturated carbocycles. The van der Waals surface area contributed by atoms with E-state index in [0.29, 0.717) is 18.4 Å². The Morgan fingerprint density at radius 2 is 1.94 bits per heavy atom. The number of benzene rings is 1. The zero-order valence-electron chi connectivity index (χ0n) is 10.9. The Kier molecular flexibility index (Phi) is 4.96. The van der Waals surface area contributed by atoms with Crippen molar-refractivity contribution in [2.24, 2.45) is 0 Å². The molecule has 0 aliphatic rings. The average molecular weight is 256 g/mol. The van der Waals surface area contributed by atoms with Crippen molar-refractivity contribution in [1.29, 1.82) is 0 Å². The van der Waals surface area contributed by atoms with Crippen molar-refractivity contribution in [2.75, 3.05) is 7.11 Å². The maximum absolute atomic E-state index is 13.0. The first-order valence-electron chi connectivity index (χ1n) is 5.85. The highest BCUT2D eigenvalue weighted by molar-refractivity contribution is 5.80. The van der Waals surface area contributed by atoms with Gasteiger partial charge in [0.05, 0.1) is 5.60 Å². The molecule has 2 nitrogen and oxygen atoms in total. The van der Waals surface area contributed by atoms with E-state index in [0.717, 1.165) is 12.1 Å². The van der Waals surface area contributed by atoms with Gasteiger partial charge < -0.3 is 4.74 Å². The summed E-state index contributed by atoms with van der Waals surface area (Å²) in [6, 6.07) is 3.53. The lowest BCUT2D eigenvalue weighted by Crippen LogP contribution is -2.23. The summed E-state index contributed by atoms with van der Waals surface area (Å²) < 4.78 is 30.9. The first-order chi connectivity index (χ1) is 8.34. The van der Waals surface area contributed by atoms with E-state index in [9.17, 15) is 13.6 Å². The third-order valence-corrected chi connectivity index (χ3v) is 2.94. The molecule has 0 N–H and O–H groups in total. The van der Waals surface area contributed by atoms with Gasteiger partial charge in [0.25, 0.3) is 0 Å². The van der Waals surface area contributed by atoms with Gasteiger partial charge in [-0.3, -0.25) is 4.79 Å². The molecule has 18 heavy (non-hydrogen) atoms. The minimum Gasteiger partial charge on any atom is -0.379 e.